The maximum Gasteiger partial charge on any atom is 0.253 e. The molecule has 5 heteroatoms. The quantitative estimate of drug-likeness (QED) is 0.820. The van der Waals surface area contributed by atoms with Gasteiger partial charge in [-0.15, -0.1) is 11.3 Å². The first-order chi connectivity index (χ1) is 9.74. The van der Waals surface area contributed by atoms with Crippen molar-refractivity contribution in [1.29, 1.82) is 0 Å². The number of hydrogen-bond donors (Lipinski definition) is 0. The summed E-state index contributed by atoms with van der Waals surface area (Å²) in [5.74, 6) is 0.727. The number of ether oxygens (including phenoxy) is 1. The van der Waals surface area contributed by atoms with Gasteiger partial charge in [-0.05, 0) is 32.0 Å². The molecule has 4 nitrogen and oxygen atoms in total. The summed E-state index contributed by atoms with van der Waals surface area (Å²) in [5.41, 5.74) is 3.33. The van der Waals surface area contributed by atoms with Crippen molar-refractivity contribution < 1.29 is 9.53 Å². The lowest BCUT2D eigenvalue weighted by molar-refractivity contribution is 0.0772. The van der Waals surface area contributed by atoms with Crippen molar-refractivity contribution in [2.24, 2.45) is 0 Å². The average Bonchev–Trinajstić information content (AvgIpc) is 3.00. The number of aromatic nitrogens is 1. The van der Waals surface area contributed by atoms with Crippen LogP contribution >= 0.6 is 11.3 Å². The molecule has 1 aromatic heterocycles. The highest BCUT2D eigenvalue weighted by Gasteiger charge is 2.12. The summed E-state index contributed by atoms with van der Waals surface area (Å²) in [5, 5.41) is 1.95. The van der Waals surface area contributed by atoms with Gasteiger partial charge in [0.1, 0.15) is 12.4 Å². The van der Waals surface area contributed by atoms with Crippen LogP contribution in [0.1, 0.15) is 29.9 Å². The van der Waals surface area contributed by atoms with Crippen molar-refractivity contribution in [2.45, 2.75) is 20.5 Å². The van der Waals surface area contributed by atoms with Gasteiger partial charge in [0, 0.05) is 24.0 Å². The Hall–Kier alpha value is -1.88. The minimum Gasteiger partial charge on any atom is -0.487 e. The maximum absolute atomic E-state index is 12.3. The summed E-state index contributed by atoms with van der Waals surface area (Å²) in [6, 6.07) is 7.29. The first kappa shape index (κ1) is 14.5. The highest BCUT2D eigenvalue weighted by molar-refractivity contribution is 7.07. The van der Waals surface area contributed by atoms with Crippen LogP contribution in [0.5, 0.6) is 5.75 Å². The molecule has 0 aliphatic carbocycles. The van der Waals surface area contributed by atoms with E-state index in [1.165, 1.54) is 0 Å². The van der Waals surface area contributed by atoms with Crippen molar-refractivity contribution in [3.8, 4) is 5.75 Å². The smallest absolute Gasteiger partial charge is 0.253 e. The Morgan fingerprint density at radius 2 is 2.15 bits per heavy atom. The lowest BCUT2D eigenvalue weighted by Gasteiger charge is -2.18. The van der Waals surface area contributed by atoms with Crippen LogP contribution in [0.3, 0.4) is 0 Å². The molecule has 2 aromatic rings. The SMILES string of the molecule is CCN(CC)C(=O)c1cccc(OCc2cscn2)c1. The van der Waals surface area contributed by atoms with Gasteiger partial charge in [0.25, 0.3) is 5.91 Å². The summed E-state index contributed by atoms with van der Waals surface area (Å²) >= 11 is 1.54. The minimum atomic E-state index is 0.0362. The lowest BCUT2D eigenvalue weighted by Crippen LogP contribution is -2.30. The zero-order valence-electron chi connectivity index (χ0n) is 11.7. The summed E-state index contributed by atoms with van der Waals surface area (Å²) in [6.45, 7) is 5.79. The highest BCUT2D eigenvalue weighted by atomic mass is 32.1. The summed E-state index contributed by atoms with van der Waals surface area (Å²) in [4.78, 5) is 18.2. The Labute approximate surface area is 123 Å². The van der Waals surface area contributed by atoms with Gasteiger partial charge in [-0.2, -0.15) is 0 Å². The fourth-order valence-corrected chi connectivity index (χ4v) is 2.42. The standard InChI is InChI=1S/C15H18N2O2S/c1-3-17(4-2)15(18)12-6-5-7-14(8-12)19-9-13-10-20-11-16-13/h5-8,10-11H,3-4,9H2,1-2H3. The van der Waals surface area contributed by atoms with E-state index in [4.69, 9.17) is 4.74 Å². The van der Waals surface area contributed by atoms with Crippen LogP contribution in [0, 0.1) is 0 Å². The second-order valence-electron chi connectivity index (χ2n) is 4.27. The molecule has 0 atom stereocenters. The Bertz CT molecular complexity index is 551. The fraction of sp³-hybridized carbons (Fsp3) is 0.333. The third kappa shape index (κ3) is 3.57. The topological polar surface area (TPSA) is 42.4 Å². The van der Waals surface area contributed by atoms with Crippen molar-refractivity contribution in [1.82, 2.24) is 9.88 Å². The molecule has 0 unspecified atom stereocenters. The second kappa shape index (κ2) is 7.05. The molecule has 1 aromatic carbocycles. The molecule has 0 N–H and O–H groups in total. The number of rotatable bonds is 6. The molecule has 0 fully saturated rings. The Balaban J connectivity index is 2.05. The van der Waals surface area contributed by atoms with E-state index in [1.807, 2.05) is 37.4 Å². The van der Waals surface area contributed by atoms with E-state index in [0.29, 0.717) is 31.0 Å². The number of benzene rings is 1. The van der Waals surface area contributed by atoms with Crippen LogP contribution in [0.25, 0.3) is 0 Å². The monoisotopic (exact) mass is 290 g/mol. The predicted molar refractivity (Wildman–Crippen MR) is 80.1 cm³/mol. The van der Waals surface area contributed by atoms with Gasteiger partial charge in [0.05, 0.1) is 11.2 Å². The largest absolute Gasteiger partial charge is 0.487 e. The van der Waals surface area contributed by atoms with E-state index in [2.05, 4.69) is 4.98 Å². The molecule has 20 heavy (non-hydrogen) atoms. The Morgan fingerprint density at radius 1 is 1.35 bits per heavy atom. The number of thiazole rings is 1. The minimum absolute atomic E-state index is 0.0362. The van der Waals surface area contributed by atoms with E-state index < -0.39 is 0 Å². The van der Waals surface area contributed by atoms with Crippen LogP contribution in [0.15, 0.2) is 35.2 Å². The molecule has 0 spiro atoms. The van der Waals surface area contributed by atoms with Crippen LogP contribution in [-0.2, 0) is 6.61 Å². The highest BCUT2D eigenvalue weighted by Crippen LogP contribution is 2.16. The van der Waals surface area contributed by atoms with Gasteiger partial charge in [-0.1, -0.05) is 6.07 Å². The number of carbonyl (C=O) groups excluding carboxylic acids is 1. The van der Waals surface area contributed by atoms with Crippen molar-refractivity contribution in [2.75, 3.05) is 13.1 Å². The van der Waals surface area contributed by atoms with Crippen LogP contribution in [-0.4, -0.2) is 28.9 Å². The molecule has 0 saturated carbocycles. The number of carbonyl (C=O) groups is 1. The molecule has 0 saturated heterocycles. The number of hydrogen-bond acceptors (Lipinski definition) is 4. The third-order valence-corrected chi connectivity index (χ3v) is 3.64. The first-order valence-corrected chi connectivity index (χ1v) is 7.58. The second-order valence-corrected chi connectivity index (χ2v) is 4.99. The molecule has 1 heterocycles. The molecular formula is C15H18N2O2S. The van der Waals surface area contributed by atoms with E-state index in [0.717, 1.165) is 5.69 Å². The molecule has 0 bridgehead atoms. The molecule has 0 aliphatic heterocycles. The summed E-state index contributed by atoms with van der Waals surface area (Å²) in [7, 11) is 0. The third-order valence-electron chi connectivity index (χ3n) is 3.00. The zero-order valence-corrected chi connectivity index (χ0v) is 12.5. The van der Waals surface area contributed by atoms with E-state index in [1.54, 1.807) is 27.8 Å². The van der Waals surface area contributed by atoms with Crippen molar-refractivity contribution in [3.05, 3.63) is 46.4 Å². The maximum atomic E-state index is 12.3. The Morgan fingerprint density at radius 3 is 2.80 bits per heavy atom. The molecule has 106 valence electrons. The zero-order chi connectivity index (χ0) is 14.4. The van der Waals surface area contributed by atoms with Gasteiger partial charge in [0.2, 0.25) is 0 Å². The molecule has 0 radical (unpaired) electrons. The van der Waals surface area contributed by atoms with Crippen LogP contribution in [0.4, 0.5) is 0 Å². The molecule has 2 rings (SSSR count). The number of amides is 1. The van der Waals surface area contributed by atoms with Gasteiger partial charge in [0.15, 0.2) is 0 Å². The van der Waals surface area contributed by atoms with Crippen LogP contribution < -0.4 is 4.74 Å². The Kier molecular flexibility index (Phi) is 5.12. The van der Waals surface area contributed by atoms with Crippen molar-refractivity contribution in [3.63, 3.8) is 0 Å². The average molecular weight is 290 g/mol. The normalized spacial score (nSPS) is 10.3. The summed E-state index contributed by atoms with van der Waals surface area (Å²) < 4.78 is 5.66. The fourth-order valence-electron chi connectivity index (χ4n) is 1.88. The molecule has 0 aliphatic rings. The summed E-state index contributed by atoms with van der Waals surface area (Å²) in [6.07, 6.45) is 0. The van der Waals surface area contributed by atoms with Gasteiger partial charge < -0.3 is 9.64 Å². The lowest BCUT2D eigenvalue weighted by atomic mass is 10.2. The van der Waals surface area contributed by atoms with E-state index >= 15 is 0 Å². The first-order valence-electron chi connectivity index (χ1n) is 6.63. The van der Waals surface area contributed by atoms with E-state index in [-0.39, 0.29) is 5.91 Å². The molecular weight excluding hydrogens is 272 g/mol. The number of nitrogens with zero attached hydrogens (tertiary/aromatic N) is 2. The predicted octanol–water partition coefficient (Wildman–Crippen LogP) is 3.20. The van der Waals surface area contributed by atoms with Crippen molar-refractivity contribution >= 4 is 17.2 Å². The van der Waals surface area contributed by atoms with E-state index in [9.17, 15) is 4.79 Å². The molecule has 1 amide bonds. The van der Waals surface area contributed by atoms with Gasteiger partial charge in [-0.3, -0.25) is 4.79 Å². The van der Waals surface area contributed by atoms with Gasteiger partial charge >= 0.3 is 0 Å². The van der Waals surface area contributed by atoms with Gasteiger partial charge in [-0.25, -0.2) is 4.98 Å². The van der Waals surface area contributed by atoms with Crippen LogP contribution in [0.2, 0.25) is 0 Å².